The third-order valence-electron chi connectivity index (χ3n) is 3.86. The Kier molecular flexibility index (Phi) is 7.45. The molecular weight excluding hydrogens is 322 g/mol. The Balaban J connectivity index is 1.82. The van der Waals surface area contributed by atoms with Crippen molar-refractivity contribution in [2.75, 3.05) is 45.9 Å². The van der Waals surface area contributed by atoms with Gasteiger partial charge in [-0.25, -0.2) is 9.98 Å². The molecule has 0 aliphatic carbocycles. The summed E-state index contributed by atoms with van der Waals surface area (Å²) in [5.74, 6) is 0.860. The Morgan fingerprint density at radius 2 is 2.08 bits per heavy atom. The number of nitrogens with zero attached hydrogens (tertiary/aromatic N) is 3. The molecule has 0 bridgehead atoms. The highest BCUT2D eigenvalue weighted by Crippen LogP contribution is 2.24. The summed E-state index contributed by atoms with van der Waals surface area (Å²) in [4.78, 5) is 11.8. The van der Waals surface area contributed by atoms with E-state index in [2.05, 4.69) is 53.6 Å². The molecule has 6 nitrogen and oxygen atoms in total. The van der Waals surface area contributed by atoms with Crippen molar-refractivity contribution in [1.29, 1.82) is 0 Å². The van der Waals surface area contributed by atoms with E-state index in [1.807, 2.05) is 0 Å². The van der Waals surface area contributed by atoms with Gasteiger partial charge in [0, 0.05) is 43.5 Å². The lowest BCUT2D eigenvalue weighted by Gasteiger charge is -2.26. The largest absolute Gasteiger partial charge is 0.379 e. The van der Waals surface area contributed by atoms with E-state index in [-0.39, 0.29) is 5.41 Å². The van der Waals surface area contributed by atoms with Crippen LogP contribution in [0.15, 0.2) is 10.4 Å². The van der Waals surface area contributed by atoms with Crippen LogP contribution in [0.2, 0.25) is 0 Å². The summed E-state index contributed by atoms with van der Waals surface area (Å²) in [6.45, 7) is 15.7. The number of rotatable bonds is 6. The molecule has 0 spiro atoms. The van der Waals surface area contributed by atoms with E-state index in [9.17, 15) is 0 Å². The number of hydrogen-bond acceptors (Lipinski definition) is 5. The standard InChI is InChI=1S/C17H31N5OS/c1-5-18-16(19-6-7-22-8-10-23-11-9-22)20-12-15-21-14(13-24-15)17(2,3)4/h13H,5-12H2,1-4H3,(H2,18,19,20). The third-order valence-corrected chi connectivity index (χ3v) is 4.69. The molecule has 1 aromatic heterocycles. The molecule has 24 heavy (non-hydrogen) atoms. The average Bonchev–Trinajstić information content (AvgIpc) is 3.03. The van der Waals surface area contributed by atoms with Gasteiger partial charge in [-0.3, -0.25) is 4.90 Å². The number of thiazole rings is 1. The van der Waals surface area contributed by atoms with Crippen molar-refractivity contribution in [1.82, 2.24) is 20.5 Å². The van der Waals surface area contributed by atoms with Gasteiger partial charge in [0.25, 0.3) is 0 Å². The Morgan fingerprint density at radius 3 is 2.71 bits per heavy atom. The molecule has 1 fully saturated rings. The fourth-order valence-electron chi connectivity index (χ4n) is 2.37. The molecule has 0 aromatic carbocycles. The summed E-state index contributed by atoms with van der Waals surface area (Å²) in [6.07, 6.45) is 0. The second kappa shape index (κ2) is 9.34. The van der Waals surface area contributed by atoms with E-state index in [1.54, 1.807) is 11.3 Å². The topological polar surface area (TPSA) is 61.8 Å². The van der Waals surface area contributed by atoms with Crippen LogP contribution in [0.5, 0.6) is 0 Å². The van der Waals surface area contributed by atoms with Crippen LogP contribution in [0.25, 0.3) is 0 Å². The fraction of sp³-hybridized carbons (Fsp3) is 0.765. The Morgan fingerprint density at radius 1 is 1.33 bits per heavy atom. The van der Waals surface area contributed by atoms with E-state index in [0.717, 1.165) is 62.6 Å². The molecule has 2 rings (SSSR count). The van der Waals surface area contributed by atoms with E-state index < -0.39 is 0 Å². The lowest BCUT2D eigenvalue weighted by molar-refractivity contribution is 0.0389. The maximum absolute atomic E-state index is 5.38. The van der Waals surface area contributed by atoms with Gasteiger partial charge in [-0.2, -0.15) is 0 Å². The van der Waals surface area contributed by atoms with Crippen molar-refractivity contribution in [3.8, 4) is 0 Å². The second-order valence-electron chi connectivity index (χ2n) is 6.95. The number of guanidine groups is 1. The highest BCUT2D eigenvalue weighted by Gasteiger charge is 2.17. The first-order valence-corrected chi connectivity index (χ1v) is 9.64. The van der Waals surface area contributed by atoms with E-state index in [0.29, 0.717) is 6.54 Å². The molecule has 1 saturated heterocycles. The number of ether oxygens (including phenoxy) is 1. The summed E-state index contributed by atoms with van der Waals surface area (Å²) in [7, 11) is 0. The third kappa shape index (κ3) is 6.37. The molecule has 0 amide bonds. The zero-order valence-electron chi connectivity index (χ0n) is 15.4. The monoisotopic (exact) mass is 353 g/mol. The first-order chi connectivity index (χ1) is 11.5. The summed E-state index contributed by atoms with van der Waals surface area (Å²) in [6, 6.07) is 0. The van der Waals surface area contributed by atoms with E-state index >= 15 is 0 Å². The molecule has 0 atom stereocenters. The van der Waals surface area contributed by atoms with Crippen LogP contribution in [-0.2, 0) is 16.7 Å². The first-order valence-electron chi connectivity index (χ1n) is 8.76. The van der Waals surface area contributed by atoms with Crippen molar-refractivity contribution in [2.24, 2.45) is 4.99 Å². The number of morpholine rings is 1. The average molecular weight is 354 g/mol. The number of aliphatic imine (C=N–C) groups is 1. The maximum atomic E-state index is 5.38. The van der Waals surface area contributed by atoms with Crippen LogP contribution in [0.4, 0.5) is 0 Å². The van der Waals surface area contributed by atoms with Crippen LogP contribution >= 0.6 is 11.3 Å². The van der Waals surface area contributed by atoms with Gasteiger partial charge in [0.1, 0.15) is 5.01 Å². The molecular formula is C17H31N5OS. The first kappa shape index (κ1) is 19.1. The molecule has 0 radical (unpaired) electrons. The maximum Gasteiger partial charge on any atom is 0.191 e. The van der Waals surface area contributed by atoms with Gasteiger partial charge in [-0.05, 0) is 6.92 Å². The minimum Gasteiger partial charge on any atom is -0.379 e. The highest BCUT2D eigenvalue weighted by molar-refractivity contribution is 7.09. The highest BCUT2D eigenvalue weighted by atomic mass is 32.1. The predicted octanol–water partition coefficient (Wildman–Crippen LogP) is 1.83. The molecule has 0 unspecified atom stereocenters. The van der Waals surface area contributed by atoms with Crippen molar-refractivity contribution in [2.45, 2.75) is 39.7 Å². The fourth-order valence-corrected chi connectivity index (χ4v) is 3.32. The number of hydrogen-bond donors (Lipinski definition) is 2. The summed E-state index contributed by atoms with van der Waals surface area (Å²) in [5, 5.41) is 9.91. The van der Waals surface area contributed by atoms with Crippen LogP contribution in [0.1, 0.15) is 38.4 Å². The van der Waals surface area contributed by atoms with Gasteiger partial charge in [-0.1, -0.05) is 20.8 Å². The van der Waals surface area contributed by atoms with Crippen molar-refractivity contribution < 1.29 is 4.74 Å². The lowest BCUT2D eigenvalue weighted by Crippen LogP contribution is -2.44. The van der Waals surface area contributed by atoms with Crippen LogP contribution in [0.3, 0.4) is 0 Å². The quantitative estimate of drug-likeness (QED) is 0.603. The second-order valence-corrected chi connectivity index (χ2v) is 7.90. The summed E-state index contributed by atoms with van der Waals surface area (Å²) >= 11 is 1.69. The SMILES string of the molecule is CCNC(=NCc1nc(C(C)(C)C)cs1)NCCN1CCOCC1. The zero-order chi connectivity index (χ0) is 17.4. The number of nitrogens with one attached hydrogen (secondary N) is 2. The van der Waals surface area contributed by atoms with Crippen LogP contribution in [-0.4, -0.2) is 61.8 Å². The predicted molar refractivity (Wildman–Crippen MR) is 101 cm³/mol. The van der Waals surface area contributed by atoms with Gasteiger partial charge in [0.05, 0.1) is 25.5 Å². The van der Waals surface area contributed by atoms with Gasteiger partial charge in [0.2, 0.25) is 0 Å². The smallest absolute Gasteiger partial charge is 0.191 e. The Bertz CT molecular complexity index is 517. The molecule has 2 heterocycles. The molecule has 0 saturated carbocycles. The van der Waals surface area contributed by atoms with Crippen molar-refractivity contribution in [3.63, 3.8) is 0 Å². The molecule has 1 aromatic rings. The van der Waals surface area contributed by atoms with E-state index in [4.69, 9.17) is 9.72 Å². The molecule has 2 N–H and O–H groups in total. The summed E-state index contributed by atoms with van der Waals surface area (Å²) < 4.78 is 5.38. The van der Waals surface area contributed by atoms with Crippen molar-refractivity contribution in [3.05, 3.63) is 16.1 Å². The number of aromatic nitrogens is 1. The zero-order valence-corrected chi connectivity index (χ0v) is 16.2. The van der Waals surface area contributed by atoms with Crippen LogP contribution < -0.4 is 10.6 Å². The summed E-state index contributed by atoms with van der Waals surface area (Å²) in [5.41, 5.74) is 1.24. The van der Waals surface area contributed by atoms with E-state index in [1.165, 1.54) is 0 Å². The minimum atomic E-state index is 0.0966. The van der Waals surface area contributed by atoms with Gasteiger partial charge in [0.15, 0.2) is 5.96 Å². The normalized spacial score (nSPS) is 17.1. The lowest BCUT2D eigenvalue weighted by atomic mass is 9.93. The van der Waals surface area contributed by atoms with Gasteiger partial charge >= 0.3 is 0 Å². The van der Waals surface area contributed by atoms with Gasteiger partial charge in [-0.15, -0.1) is 11.3 Å². The minimum absolute atomic E-state index is 0.0966. The Labute approximate surface area is 149 Å². The van der Waals surface area contributed by atoms with Gasteiger partial charge < -0.3 is 15.4 Å². The Hall–Kier alpha value is -1.18. The van der Waals surface area contributed by atoms with Crippen molar-refractivity contribution >= 4 is 17.3 Å². The molecule has 1 aliphatic rings. The molecule has 1 aliphatic heterocycles. The molecule has 7 heteroatoms. The van der Waals surface area contributed by atoms with Crippen LogP contribution in [0, 0.1) is 0 Å². The molecule has 136 valence electrons.